The van der Waals surface area contributed by atoms with Crippen LogP contribution in [0.25, 0.3) is 11.0 Å². The molecule has 0 spiro atoms. The van der Waals surface area contributed by atoms with Crippen molar-refractivity contribution in [2.75, 3.05) is 18.4 Å². The number of benzene rings is 1. The zero-order valence-electron chi connectivity index (χ0n) is 17.2. The molecule has 3 heterocycles. The number of carbonyl (C=O) groups excluding carboxylic acids is 1. The third-order valence-corrected chi connectivity index (χ3v) is 6.43. The SMILES string of the molecule is C/C=C(\C)CN1C[C@H](Sc2ccccn2)C[C@H]1C(=O)Nc1ccc2nccnc2c1. The normalized spacial score (nSPS) is 19.9. The van der Waals surface area contributed by atoms with Gasteiger partial charge in [0.15, 0.2) is 0 Å². The molecule has 1 aliphatic heterocycles. The van der Waals surface area contributed by atoms with Crippen LogP contribution in [-0.2, 0) is 4.79 Å². The molecule has 4 rings (SSSR count). The Labute approximate surface area is 180 Å². The van der Waals surface area contributed by atoms with E-state index in [4.69, 9.17) is 0 Å². The molecule has 2 aromatic heterocycles. The van der Waals surface area contributed by atoms with Gasteiger partial charge in [0.25, 0.3) is 0 Å². The minimum absolute atomic E-state index is 0.0197. The fourth-order valence-corrected chi connectivity index (χ4v) is 4.83. The van der Waals surface area contributed by atoms with Crippen molar-refractivity contribution in [3.63, 3.8) is 0 Å². The zero-order chi connectivity index (χ0) is 20.9. The predicted molar refractivity (Wildman–Crippen MR) is 121 cm³/mol. The summed E-state index contributed by atoms with van der Waals surface area (Å²) in [4.78, 5) is 28.5. The van der Waals surface area contributed by atoms with Gasteiger partial charge in [-0.3, -0.25) is 19.7 Å². The van der Waals surface area contributed by atoms with Crippen LogP contribution in [0.4, 0.5) is 5.69 Å². The molecule has 1 aliphatic rings. The minimum Gasteiger partial charge on any atom is -0.325 e. The van der Waals surface area contributed by atoms with Crippen molar-refractivity contribution >= 4 is 34.4 Å². The molecule has 1 fully saturated rings. The largest absolute Gasteiger partial charge is 0.325 e. The first-order chi connectivity index (χ1) is 14.6. The van der Waals surface area contributed by atoms with Gasteiger partial charge in [-0.15, -0.1) is 11.8 Å². The van der Waals surface area contributed by atoms with E-state index >= 15 is 0 Å². The van der Waals surface area contributed by atoms with Crippen LogP contribution < -0.4 is 5.32 Å². The molecule has 1 saturated heterocycles. The summed E-state index contributed by atoms with van der Waals surface area (Å²) in [6.45, 7) is 5.79. The van der Waals surface area contributed by atoms with E-state index in [1.165, 1.54) is 5.57 Å². The van der Waals surface area contributed by atoms with Crippen molar-refractivity contribution in [3.05, 3.63) is 66.6 Å². The van der Waals surface area contributed by atoms with Crippen LogP contribution in [0.15, 0.2) is 71.7 Å². The highest BCUT2D eigenvalue weighted by molar-refractivity contribution is 7.99. The quantitative estimate of drug-likeness (QED) is 0.605. The van der Waals surface area contributed by atoms with Gasteiger partial charge in [-0.05, 0) is 50.6 Å². The topological polar surface area (TPSA) is 71.0 Å². The minimum atomic E-state index is -0.182. The number of aromatic nitrogens is 3. The lowest BCUT2D eigenvalue weighted by molar-refractivity contribution is -0.120. The van der Waals surface area contributed by atoms with Crippen molar-refractivity contribution in [3.8, 4) is 0 Å². The third-order valence-electron chi connectivity index (χ3n) is 5.28. The average Bonchev–Trinajstić information content (AvgIpc) is 3.16. The zero-order valence-corrected chi connectivity index (χ0v) is 18.0. The number of rotatable bonds is 6. The molecular weight excluding hydrogens is 394 g/mol. The van der Waals surface area contributed by atoms with Crippen LogP contribution in [-0.4, -0.2) is 50.1 Å². The van der Waals surface area contributed by atoms with Crippen molar-refractivity contribution in [2.24, 2.45) is 0 Å². The molecule has 30 heavy (non-hydrogen) atoms. The Morgan fingerprint density at radius 1 is 1.17 bits per heavy atom. The highest BCUT2D eigenvalue weighted by Crippen LogP contribution is 2.33. The van der Waals surface area contributed by atoms with Gasteiger partial charge in [0.05, 0.1) is 22.1 Å². The van der Waals surface area contributed by atoms with Crippen molar-refractivity contribution in [1.82, 2.24) is 19.9 Å². The molecule has 0 unspecified atom stereocenters. The van der Waals surface area contributed by atoms with Crippen molar-refractivity contribution < 1.29 is 4.79 Å². The summed E-state index contributed by atoms with van der Waals surface area (Å²) >= 11 is 1.75. The van der Waals surface area contributed by atoms with Gasteiger partial charge < -0.3 is 5.32 Å². The molecule has 0 bridgehead atoms. The summed E-state index contributed by atoms with van der Waals surface area (Å²) in [7, 11) is 0. The van der Waals surface area contributed by atoms with E-state index in [0.29, 0.717) is 5.25 Å². The Balaban J connectivity index is 1.49. The number of allylic oxidation sites excluding steroid dienone is 1. The van der Waals surface area contributed by atoms with Crippen LogP contribution >= 0.6 is 11.8 Å². The van der Waals surface area contributed by atoms with Crippen LogP contribution in [0.3, 0.4) is 0 Å². The number of pyridine rings is 1. The molecule has 1 amide bonds. The lowest BCUT2D eigenvalue weighted by atomic mass is 10.1. The summed E-state index contributed by atoms with van der Waals surface area (Å²) < 4.78 is 0. The summed E-state index contributed by atoms with van der Waals surface area (Å²) in [5.41, 5.74) is 3.59. The third kappa shape index (κ3) is 4.86. The predicted octanol–water partition coefficient (Wildman–Crippen LogP) is 4.16. The second-order valence-electron chi connectivity index (χ2n) is 7.47. The van der Waals surface area contributed by atoms with Gasteiger partial charge in [-0.2, -0.15) is 0 Å². The van der Waals surface area contributed by atoms with Crippen LogP contribution in [0.5, 0.6) is 0 Å². The van der Waals surface area contributed by atoms with Crippen molar-refractivity contribution in [2.45, 2.75) is 36.6 Å². The smallest absolute Gasteiger partial charge is 0.241 e. The number of carbonyl (C=O) groups is 1. The summed E-state index contributed by atoms with van der Waals surface area (Å²) in [5, 5.41) is 4.41. The Hall–Kier alpha value is -2.77. The molecule has 2 atom stereocenters. The second-order valence-corrected chi connectivity index (χ2v) is 8.79. The average molecular weight is 420 g/mol. The number of thioether (sulfide) groups is 1. The van der Waals surface area contributed by atoms with Gasteiger partial charge in [0.2, 0.25) is 5.91 Å². The maximum Gasteiger partial charge on any atom is 0.241 e. The number of nitrogens with one attached hydrogen (secondary N) is 1. The van der Waals surface area contributed by atoms with Crippen LogP contribution in [0.1, 0.15) is 20.3 Å². The Morgan fingerprint density at radius 3 is 2.77 bits per heavy atom. The summed E-state index contributed by atoms with van der Waals surface area (Å²) in [6.07, 6.45) is 8.03. The molecule has 0 radical (unpaired) electrons. The van der Waals surface area contributed by atoms with E-state index in [0.717, 1.165) is 41.3 Å². The highest BCUT2D eigenvalue weighted by Gasteiger charge is 2.37. The Morgan fingerprint density at radius 2 is 2.00 bits per heavy atom. The number of hydrogen-bond donors (Lipinski definition) is 1. The molecule has 0 saturated carbocycles. The molecule has 1 N–H and O–H groups in total. The maximum absolute atomic E-state index is 13.2. The summed E-state index contributed by atoms with van der Waals surface area (Å²) in [6, 6.07) is 11.4. The van der Waals surface area contributed by atoms with Crippen LogP contribution in [0, 0.1) is 0 Å². The number of fused-ring (bicyclic) bond motifs is 1. The van der Waals surface area contributed by atoms with Gasteiger partial charge in [0.1, 0.15) is 0 Å². The molecule has 154 valence electrons. The van der Waals surface area contributed by atoms with Crippen LogP contribution in [0.2, 0.25) is 0 Å². The lowest BCUT2D eigenvalue weighted by Crippen LogP contribution is -2.40. The Bertz CT molecular complexity index is 1060. The molecule has 7 heteroatoms. The number of likely N-dealkylation sites (tertiary alicyclic amines) is 1. The second kappa shape index (κ2) is 9.36. The maximum atomic E-state index is 13.2. The highest BCUT2D eigenvalue weighted by atomic mass is 32.2. The number of hydrogen-bond acceptors (Lipinski definition) is 6. The number of amides is 1. The van der Waals surface area contributed by atoms with Crippen molar-refractivity contribution in [1.29, 1.82) is 0 Å². The summed E-state index contributed by atoms with van der Waals surface area (Å²) in [5.74, 6) is 0.0197. The van der Waals surface area contributed by atoms with Gasteiger partial charge in [0, 0.05) is 42.6 Å². The van der Waals surface area contributed by atoms with E-state index in [1.807, 2.05) is 49.5 Å². The molecule has 6 nitrogen and oxygen atoms in total. The molecule has 0 aliphatic carbocycles. The first-order valence-corrected chi connectivity index (χ1v) is 11.0. The van der Waals surface area contributed by atoms with E-state index in [9.17, 15) is 4.79 Å². The van der Waals surface area contributed by atoms with E-state index in [2.05, 4.69) is 38.2 Å². The van der Waals surface area contributed by atoms with Gasteiger partial charge >= 0.3 is 0 Å². The fourth-order valence-electron chi connectivity index (χ4n) is 3.66. The van der Waals surface area contributed by atoms with E-state index < -0.39 is 0 Å². The number of nitrogens with zero attached hydrogens (tertiary/aromatic N) is 4. The fraction of sp³-hybridized carbons (Fsp3) is 0.304. The first kappa shape index (κ1) is 20.5. The lowest BCUT2D eigenvalue weighted by Gasteiger charge is -2.23. The monoisotopic (exact) mass is 419 g/mol. The Kier molecular flexibility index (Phi) is 6.40. The van der Waals surface area contributed by atoms with E-state index in [-0.39, 0.29) is 11.9 Å². The van der Waals surface area contributed by atoms with Gasteiger partial charge in [-0.25, -0.2) is 4.98 Å². The molecule has 3 aromatic rings. The molecular formula is C23H25N5OS. The first-order valence-electron chi connectivity index (χ1n) is 10.1. The van der Waals surface area contributed by atoms with Gasteiger partial charge in [-0.1, -0.05) is 17.7 Å². The molecule has 1 aromatic carbocycles. The standard InChI is InChI=1S/C23H25N5OS/c1-3-16(2)14-28-15-18(30-22-6-4-5-9-26-22)13-21(28)23(29)27-17-7-8-19-20(12-17)25-11-10-24-19/h3-12,18,21H,13-15H2,1-2H3,(H,27,29)/b16-3+/t18-,21+/m1/s1. The number of anilines is 1. The van der Waals surface area contributed by atoms with E-state index in [1.54, 1.807) is 24.2 Å².